The predicted octanol–water partition coefficient (Wildman–Crippen LogP) is 3.12. The molecular weight excluding hydrogens is 334 g/mol. The highest BCUT2D eigenvalue weighted by Crippen LogP contribution is 2.28. The molecule has 2 rings (SSSR count). The molecule has 7 heteroatoms. The number of benzene rings is 1. The number of hydrogen-bond donors (Lipinski definition) is 1. The zero-order valence-electron chi connectivity index (χ0n) is 16.0. The van der Waals surface area contributed by atoms with E-state index >= 15 is 0 Å². The van der Waals surface area contributed by atoms with E-state index in [1.165, 1.54) is 6.08 Å². The van der Waals surface area contributed by atoms with Crippen LogP contribution in [-0.2, 0) is 20.7 Å². The van der Waals surface area contributed by atoms with Crippen LogP contribution in [0.25, 0.3) is 0 Å². The van der Waals surface area contributed by atoms with Crippen LogP contribution in [0.5, 0.6) is 0 Å². The lowest BCUT2D eigenvalue weighted by atomic mass is 10.1. The molecule has 7 nitrogen and oxygen atoms in total. The third-order valence-electron chi connectivity index (χ3n) is 3.98. The molecule has 0 aromatic heterocycles. The van der Waals surface area contributed by atoms with Gasteiger partial charge < -0.3 is 9.47 Å². The highest BCUT2D eigenvalue weighted by atomic mass is 16.6. The van der Waals surface area contributed by atoms with Gasteiger partial charge in [0.05, 0.1) is 12.3 Å². The lowest BCUT2D eigenvalue weighted by Crippen LogP contribution is -2.54. The largest absolute Gasteiger partial charge is 0.444 e. The van der Waals surface area contributed by atoms with Gasteiger partial charge in [-0.2, -0.15) is 4.99 Å². The third kappa shape index (κ3) is 5.39. The zero-order valence-corrected chi connectivity index (χ0v) is 16.0. The van der Waals surface area contributed by atoms with Gasteiger partial charge in [-0.1, -0.05) is 12.1 Å². The van der Waals surface area contributed by atoms with E-state index in [0.717, 1.165) is 12.0 Å². The number of carbonyl (C=O) groups excluding carboxylic acids is 2. The van der Waals surface area contributed by atoms with Crippen LogP contribution in [0, 0.1) is 0 Å². The summed E-state index contributed by atoms with van der Waals surface area (Å²) < 4.78 is 11.3. The Labute approximate surface area is 154 Å². The zero-order chi connectivity index (χ0) is 19.4. The molecule has 1 aliphatic rings. The molecule has 1 aromatic carbocycles. The lowest BCUT2D eigenvalue weighted by molar-refractivity contribution is -0.0635. The van der Waals surface area contributed by atoms with E-state index in [1.807, 2.05) is 46.8 Å². The minimum absolute atomic E-state index is 0.251. The Morgan fingerprint density at radius 3 is 2.62 bits per heavy atom. The van der Waals surface area contributed by atoms with Crippen molar-refractivity contribution in [2.24, 2.45) is 4.99 Å². The maximum absolute atomic E-state index is 12.6. The Balaban J connectivity index is 1.94. The number of carbonyl (C=O) groups is 1. The molecule has 1 fully saturated rings. The summed E-state index contributed by atoms with van der Waals surface area (Å²) in [6, 6.07) is 7.38. The summed E-state index contributed by atoms with van der Waals surface area (Å²) in [5, 5.41) is 3.36. The predicted molar refractivity (Wildman–Crippen MR) is 97.8 cm³/mol. The smallest absolute Gasteiger partial charge is 0.413 e. The fourth-order valence-corrected chi connectivity index (χ4v) is 2.78. The molecule has 1 saturated heterocycles. The average molecular weight is 361 g/mol. The summed E-state index contributed by atoms with van der Waals surface area (Å²) in [6.45, 7) is 10.3. The number of aliphatic imine (C=N–C) groups is 1. The van der Waals surface area contributed by atoms with Gasteiger partial charge in [-0.25, -0.2) is 9.59 Å². The second kappa shape index (κ2) is 7.99. The number of nitrogens with one attached hydrogen (secondary N) is 1. The summed E-state index contributed by atoms with van der Waals surface area (Å²) in [5.74, 6) is 0. The second-order valence-corrected chi connectivity index (χ2v) is 7.70. The summed E-state index contributed by atoms with van der Waals surface area (Å²) in [4.78, 5) is 28.0. The molecule has 0 unspecified atom stereocenters. The molecule has 26 heavy (non-hydrogen) atoms. The van der Waals surface area contributed by atoms with E-state index in [-0.39, 0.29) is 6.17 Å². The Morgan fingerprint density at radius 1 is 1.38 bits per heavy atom. The lowest BCUT2D eigenvalue weighted by Gasteiger charge is -2.35. The summed E-state index contributed by atoms with van der Waals surface area (Å²) >= 11 is 0. The minimum atomic E-state index is -0.728. The maximum Gasteiger partial charge on any atom is 0.413 e. The Hall–Kier alpha value is -2.21. The van der Waals surface area contributed by atoms with Gasteiger partial charge in [0.15, 0.2) is 0 Å². The Morgan fingerprint density at radius 2 is 2.04 bits per heavy atom. The first-order chi connectivity index (χ1) is 12.1. The van der Waals surface area contributed by atoms with Gasteiger partial charge in [-0.3, -0.25) is 10.2 Å². The minimum Gasteiger partial charge on any atom is -0.444 e. The number of hydrogen-bond acceptors (Lipinski definition) is 6. The molecule has 1 amide bonds. The fraction of sp³-hybridized carbons (Fsp3) is 0.579. The number of rotatable bonds is 5. The summed E-state index contributed by atoms with van der Waals surface area (Å²) in [7, 11) is 0. The first-order valence-corrected chi connectivity index (χ1v) is 8.69. The molecule has 0 saturated carbocycles. The van der Waals surface area contributed by atoms with Gasteiger partial charge in [0.1, 0.15) is 17.5 Å². The van der Waals surface area contributed by atoms with E-state index in [4.69, 9.17) is 9.47 Å². The van der Waals surface area contributed by atoms with Crippen LogP contribution in [0.1, 0.15) is 40.2 Å². The van der Waals surface area contributed by atoms with Gasteiger partial charge in [0.2, 0.25) is 6.08 Å². The molecule has 0 spiro atoms. The van der Waals surface area contributed by atoms with Crippen LogP contribution >= 0.6 is 0 Å². The summed E-state index contributed by atoms with van der Waals surface area (Å²) in [6.07, 6.45) is 1.64. The van der Waals surface area contributed by atoms with Crippen molar-refractivity contribution in [1.29, 1.82) is 0 Å². The monoisotopic (exact) mass is 361 g/mol. The van der Waals surface area contributed by atoms with E-state index in [0.29, 0.717) is 18.8 Å². The highest BCUT2D eigenvalue weighted by molar-refractivity contribution is 5.69. The fourth-order valence-electron chi connectivity index (χ4n) is 2.78. The molecule has 1 aliphatic heterocycles. The standard InChI is InChI=1S/C19H27N3O4/c1-18(2,3)26-17(24)22-16(12-25-19(22,4)5)20-11-10-14-6-8-15(9-7-14)21-13-23/h6-9,16,20H,10-12H2,1-5H3/t16-/m1/s1. The second-order valence-electron chi connectivity index (χ2n) is 7.70. The third-order valence-corrected chi connectivity index (χ3v) is 3.98. The van der Waals surface area contributed by atoms with Crippen molar-refractivity contribution in [1.82, 2.24) is 10.2 Å². The molecule has 1 aromatic rings. The van der Waals surface area contributed by atoms with Crippen LogP contribution in [0.15, 0.2) is 29.3 Å². The molecule has 0 radical (unpaired) electrons. The maximum atomic E-state index is 12.6. The van der Waals surface area contributed by atoms with Crippen molar-refractivity contribution in [3.8, 4) is 0 Å². The number of amides is 1. The summed E-state index contributed by atoms with van der Waals surface area (Å²) in [5.41, 5.74) is 0.392. The Kier molecular flexibility index (Phi) is 6.18. The van der Waals surface area contributed by atoms with Gasteiger partial charge in [-0.05, 0) is 58.7 Å². The quantitative estimate of drug-likeness (QED) is 0.644. The van der Waals surface area contributed by atoms with Crippen LogP contribution in [0.4, 0.5) is 10.5 Å². The normalized spacial score (nSPS) is 19.1. The van der Waals surface area contributed by atoms with Gasteiger partial charge >= 0.3 is 6.09 Å². The van der Waals surface area contributed by atoms with Crippen LogP contribution in [0.3, 0.4) is 0 Å². The number of nitrogens with zero attached hydrogens (tertiary/aromatic N) is 2. The molecule has 1 N–H and O–H groups in total. The van der Waals surface area contributed by atoms with Crippen molar-refractivity contribution >= 4 is 17.9 Å². The van der Waals surface area contributed by atoms with E-state index in [1.54, 1.807) is 17.0 Å². The van der Waals surface area contributed by atoms with Crippen LogP contribution in [0.2, 0.25) is 0 Å². The molecule has 1 heterocycles. The van der Waals surface area contributed by atoms with Crippen LogP contribution in [-0.4, -0.2) is 47.7 Å². The number of ether oxygens (including phenoxy) is 2. The molecule has 0 bridgehead atoms. The van der Waals surface area contributed by atoms with E-state index in [9.17, 15) is 9.59 Å². The topological polar surface area (TPSA) is 80.2 Å². The number of isocyanates is 1. The highest BCUT2D eigenvalue weighted by Gasteiger charge is 2.45. The van der Waals surface area contributed by atoms with Crippen molar-refractivity contribution in [3.63, 3.8) is 0 Å². The molecule has 0 aliphatic carbocycles. The first-order valence-electron chi connectivity index (χ1n) is 8.69. The molecule has 1 atom stereocenters. The van der Waals surface area contributed by atoms with Gasteiger partial charge in [0, 0.05) is 6.54 Å². The molecular formula is C19H27N3O4. The van der Waals surface area contributed by atoms with Crippen LogP contribution < -0.4 is 5.32 Å². The first kappa shape index (κ1) is 20.1. The Bertz CT molecular complexity index is 673. The van der Waals surface area contributed by atoms with Crippen molar-refractivity contribution < 1.29 is 19.1 Å². The van der Waals surface area contributed by atoms with E-state index < -0.39 is 17.4 Å². The van der Waals surface area contributed by atoms with Gasteiger partial charge in [-0.15, -0.1) is 0 Å². The van der Waals surface area contributed by atoms with E-state index in [2.05, 4.69) is 10.3 Å². The van der Waals surface area contributed by atoms with Crippen molar-refractivity contribution in [2.75, 3.05) is 13.2 Å². The SMILES string of the molecule is CC(C)(C)OC(=O)N1[C@@H](NCCc2ccc(N=C=O)cc2)COC1(C)C. The average Bonchev–Trinajstić information content (AvgIpc) is 2.82. The van der Waals surface area contributed by atoms with Crippen molar-refractivity contribution in [3.05, 3.63) is 29.8 Å². The molecule has 142 valence electrons. The van der Waals surface area contributed by atoms with Gasteiger partial charge in [0.25, 0.3) is 0 Å². The van der Waals surface area contributed by atoms with Crippen molar-refractivity contribution in [2.45, 2.75) is 58.5 Å².